The number of anilines is 1. The largest absolute Gasteiger partial charge is 0.475 e. The molecule has 0 fully saturated rings. The Morgan fingerprint density at radius 3 is 2.79 bits per heavy atom. The van der Waals surface area contributed by atoms with Crippen LogP contribution in [-0.2, 0) is 10.0 Å². The van der Waals surface area contributed by atoms with Gasteiger partial charge in [0, 0.05) is 0 Å². The maximum Gasteiger partial charge on any atom is 0.373 e. The number of aromatic carboxylic acids is 1. The van der Waals surface area contributed by atoms with Gasteiger partial charge in [0.05, 0.1) is 6.20 Å². The van der Waals surface area contributed by atoms with Crippen molar-refractivity contribution < 1.29 is 22.7 Å². The highest BCUT2D eigenvalue weighted by Gasteiger charge is 2.15. The minimum atomic E-state index is -3.72. The summed E-state index contributed by atoms with van der Waals surface area (Å²) in [6.45, 7) is 0. The number of carboxylic acids is 1. The van der Waals surface area contributed by atoms with Gasteiger partial charge in [0.25, 0.3) is 0 Å². The minimum Gasteiger partial charge on any atom is -0.475 e. The van der Waals surface area contributed by atoms with E-state index < -0.39 is 33.0 Å². The van der Waals surface area contributed by atoms with Crippen LogP contribution in [0.3, 0.4) is 0 Å². The molecule has 0 unspecified atom stereocenters. The molecule has 1 heterocycles. The normalized spacial score (nSPS) is 11.2. The van der Waals surface area contributed by atoms with Crippen LogP contribution in [0.4, 0.5) is 6.01 Å². The molecule has 0 radical (unpaired) electrons. The van der Waals surface area contributed by atoms with Crippen molar-refractivity contribution >= 4 is 33.6 Å². The Kier molecular flexibility index (Phi) is 2.96. The summed E-state index contributed by atoms with van der Waals surface area (Å²) in [5.41, 5.74) is 0. The van der Waals surface area contributed by atoms with Crippen molar-refractivity contribution in [2.24, 2.45) is 0 Å². The predicted molar refractivity (Wildman–Crippen MR) is 46.7 cm³/mol. The second-order valence-electron chi connectivity index (χ2n) is 2.16. The second-order valence-corrected chi connectivity index (χ2v) is 4.47. The lowest BCUT2D eigenvalue weighted by Crippen LogP contribution is -2.13. The second kappa shape index (κ2) is 3.84. The molecule has 1 aromatic heterocycles. The highest BCUT2D eigenvalue weighted by atomic mass is 35.5. The van der Waals surface area contributed by atoms with Gasteiger partial charge in [-0.05, 0) is 0 Å². The van der Waals surface area contributed by atoms with Crippen molar-refractivity contribution in [2.75, 3.05) is 9.93 Å². The number of rotatable bonds is 4. The Balaban J connectivity index is 2.84. The third-order valence-electron chi connectivity index (χ3n) is 1.10. The van der Waals surface area contributed by atoms with E-state index >= 15 is 0 Å². The van der Waals surface area contributed by atoms with Gasteiger partial charge in [-0.25, -0.2) is 22.9 Å². The van der Waals surface area contributed by atoms with E-state index in [0.29, 0.717) is 0 Å². The van der Waals surface area contributed by atoms with Crippen LogP contribution in [0, 0.1) is 0 Å². The van der Waals surface area contributed by atoms with E-state index in [1.807, 2.05) is 4.72 Å². The topological polar surface area (TPSA) is 109 Å². The first-order chi connectivity index (χ1) is 6.44. The van der Waals surface area contributed by atoms with E-state index in [-0.39, 0.29) is 0 Å². The van der Waals surface area contributed by atoms with E-state index in [2.05, 4.69) is 9.40 Å². The van der Waals surface area contributed by atoms with Crippen molar-refractivity contribution in [3.8, 4) is 0 Å². The molecule has 0 aromatic carbocycles. The molecule has 78 valence electrons. The molecule has 1 rings (SSSR count). The average Bonchev–Trinajstić information content (AvgIpc) is 2.52. The lowest BCUT2D eigenvalue weighted by Gasteiger charge is -1.97. The first-order valence-corrected chi connectivity index (χ1v) is 5.39. The molecule has 0 bridgehead atoms. The third-order valence-corrected chi connectivity index (χ3v) is 2.74. The Hall–Kier alpha value is -1.28. The molecule has 7 nitrogen and oxygen atoms in total. The molecule has 0 saturated carbocycles. The number of nitrogens with zero attached hydrogens (tertiary/aromatic N) is 1. The van der Waals surface area contributed by atoms with Crippen LogP contribution in [0.5, 0.6) is 0 Å². The SMILES string of the molecule is O=C(O)c1cnc(NS(=O)(=O)CCl)o1. The van der Waals surface area contributed by atoms with Crippen LogP contribution < -0.4 is 4.72 Å². The van der Waals surface area contributed by atoms with Crippen LogP contribution >= 0.6 is 11.6 Å². The summed E-state index contributed by atoms with van der Waals surface area (Å²) in [6.07, 6.45) is 0.883. The van der Waals surface area contributed by atoms with Crippen LogP contribution in [-0.4, -0.2) is 29.7 Å². The summed E-state index contributed by atoms with van der Waals surface area (Å²) in [6, 6.07) is -0.428. The maximum absolute atomic E-state index is 10.9. The highest BCUT2D eigenvalue weighted by molar-refractivity contribution is 7.93. The zero-order chi connectivity index (χ0) is 10.8. The number of oxazole rings is 1. The lowest BCUT2D eigenvalue weighted by molar-refractivity contribution is 0.0663. The molecular weight excluding hydrogens is 236 g/mol. The first-order valence-electron chi connectivity index (χ1n) is 3.20. The van der Waals surface area contributed by atoms with Crippen LogP contribution in [0.2, 0.25) is 0 Å². The number of hydrogen-bond acceptors (Lipinski definition) is 5. The Bertz CT molecular complexity index is 439. The summed E-state index contributed by atoms with van der Waals surface area (Å²) in [7, 11) is -3.72. The van der Waals surface area contributed by atoms with Gasteiger partial charge in [-0.3, -0.25) is 0 Å². The minimum absolute atomic E-state index is 0.428. The molecule has 0 atom stereocenters. The summed E-state index contributed by atoms with van der Waals surface area (Å²) in [5, 5.41) is 7.75. The molecule has 0 aliphatic heterocycles. The van der Waals surface area contributed by atoms with Crippen LogP contribution in [0.25, 0.3) is 0 Å². The third kappa shape index (κ3) is 2.60. The number of sulfonamides is 1. The van der Waals surface area contributed by atoms with Crippen molar-refractivity contribution in [3.05, 3.63) is 12.0 Å². The predicted octanol–water partition coefficient (Wildman–Crippen LogP) is 0.311. The zero-order valence-corrected chi connectivity index (χ0v) is 8.17. The molecule has 14 heavy (non-hydrogen) atoms. The van der Waals surface area contributed by atoms with E-state index in [9.17, 15) is 13.2 Å². The number of alkyl halides is 1. The van der Waals surface area contributed by atoms with Gasteiger partial charge in [-0.2, -0.15) is 0 Å². The molecule has 0 saturated heterocycles. The monoisotopic (exact) mass is 240 g/mol. The number of nitrogens with one attached hydrogen (secondary N) is 1. The summed E-state index contributed by atoms with van der Waals surface area (Å²) in [4.78, 5) is 13.7. The van der Waals surface area contributed by atoms with Crippen LogP contribution in [0.15, 0.2) is 10.6 Å². The summed E-state index contributed by atoms with van der Waals surface area (Å²) < 4.78 is 28.1. The van der Waals surface area contributed by atoms with Crippen molar-refractivity contribution in [3.63, 3.8) is 0 Å². The number of halogens is 1. The molecular formula is C5H5ClN2O5S. The van der Waals surface area contributed by atoms with E-state index in [1.54, 1.807) is 0 Å². The fourth-order valence-electron chi connectivity index (χ4n) is 0.580. The standard InChI is InChI=1S/C5H5ClN2O5S/c6-2-14(11,12)8-5-7-1-3(13-5)4(9)10/h1H,2H2,(H,7,8)(H,9,10). The maximum atomic E-state index is 10.9. The van der Waals surface area contributed by atoms with E-state index in [0.717, 1.165) is 6.20 Å². The van der Waals surface area contributed by atoms with Gasteiger partial charge in [-0.15, -0.1) is 11.6 Å². The van der Waals surface area contributed by atoms with Gasteiger partial charge in [0.2, 0.25) is 15.8 Å². The first kappa shape index (κ1) is 10.8. The van der Waals surface area contributed by atoms with E-state index in [1.165, 1.54) is 0 Å². The molecule has 1 aromatic rings. The molecule has 0 aliphatic carbocycles. The molecule has 0 aliphatic rings. The van der Waals surface area contributed by atoms with Gasteiger partial charge < -0.3 is 9.52 Å². The Labute approximate surface area is 83.7 Å². The zero-order valence-electron chi connectivity index (χ0n) is 6.60. The molecule has 0 spiro atoms. The fourth-order valence-corrected chi connectivity index (χ4v) is 1.16. The lowest BCUT2D eigenvalue weighted by atomic mass is 10.5. The van der Waals surface area contributed by atoms with Crippen molar-refractivity contribution in [1.82, 2.24) is 4.98 Å². The number of carbonyl (C=O) groups is 1. The molecule has 0 amide bonds. The average molecular weight is 241 g/mol. The van der Waals surface area contributed by atoms with Crippen LogP contribution in [0.1, 0.15) is 10.6 Å². The number of hydrogen-bond donors (Lipinski definition) is 2. The molecule has 2 N–H and O–H groups in total. The van der Waals surface area contributed by atoms with Crippen molar-refractivity contribution in [2.45, 2.75) is 0 Å². The van der Waals surface area contributed by atoms with Gasteiger partial charge in [0.15, 0.2) is 0 Å². The van der Waals surface area contributed by atoms with Gasteiger partial charge >= 0.3 is 12.0 Å². The Morgan fingerprint density at radius 1 is 1.71 bits per heavy atom. The number of carboxylic acid groups (broad SMARTS) is 1. The van der Waals surface area contributed by atoms with E-state index in [4.69, 9.17) is 16.7 Å². The van der Waals surface area contributed by atoms with Gasteiger partial charge in [-0.1, -0.05) is 0 Å². The van der Waals surface area contributed by atoms with Crippen molar-refractivity contribution in [1.29, 1.82) is 0 Å². The van der Waals surface area contributed by atoms with Gasteiger partial charge in [0.1, 0.15) is 5.21 Å². The quantitative estimate of drug-likeness (QED) is 0.733. The smallest absolute Gasteiger partial charge is 0.373 e. The molecule has 9 heteroatoms. The Morgan fingerprint density at radius 2 is 2.36 bits per heavy atom. The summed E-state index contributed by atoms with van der Waals surface area (Å²) in [5.74, 6) is -1.80. The fraction of sp³-hybridized carbons (Fsp3) is 0.200. The highest BCUT2D eigenvalue weighted by Crippen LogP contribution is 2.10. The summed E-state index contributed by atoms with van der Waals surface area (Å²) >= 11 is 5.08. The number of aromatic nitrogens is 1.